The molecule has 168 valence electrons. The quantitative estimate of drug-likeness (QED) is 0.485. The van der Waals surface area contributed by atoms with Crippen LogP contribution < -0.4 is 4.74 Å². The Labute approximate surface area is 189 Å². The first-order valence-electron chi connectivity index (χ1n) is 11.2. The lowest BCUT2D eigenvalue weighted by molar-refractivity contribution is 0.132. The molecule has 5 nitrogen and oxygen atoms in total. The molecule has 0 saturated carbocycles. The summed E-state index contributed by atoms with van der Waals surface area (Å²) in [4.78, 5) is 11.5. The first-order chi connectivity index (χ1) is 15.7. The Hall–Kier alpha value is -2.83. The zero-order valence-electron chi connectivity index (χ0n) is 18.7. The van der Waals surface area contributed by atoms with Crippen molar-refractivity contribution in [2.45, 2.75) is 44.8 Å². The van der Waals surface area contributed by atoms with Crippen LogP contribution in [0.3, 0.4) is 0 Å². The monoisotopic (exact) mass is 435 g/mol. The largest absolute Gasteiger partial charge is 0.497 e. The minimum absolute atomic E-state index is 0.165. The smallest absolute Gasteiger partial charge is 0.128 e. The number of rotatable bonds is 9. The van der Waals surface area contributed by atoms with E-state index in [1.807, 2.05) is 36.7 Å². The van der Waals surface area contributed by atoms with Crippen LogP contribution in [-0.4, -0.2) is 41.2 Å². The molecule has 0 N–H and O–H groups in total. The van der Waals surface area contributed by atoms with Crippen LogP contribution in [0.4, 0.5) is 4.39 Å². The summed E-state index contributed by atoms with van der Waals surface area (Å²) in [7, 11) is 1.67. The summed E-state index contributed by atoms with van der Waals surface area (Å²) in [6, 6.07) is 15.1. The van der Waals surface area contributed by atoms with E-state index in [9.17, 15) is 4.39 Å². The van der Waals surface area contributed by atoms with Crippen LogP contribution in [0.5, 0.6) is 5.75 Å². The molecule has 0 aliphatic carbocycles. The highest BCUT2D eigenvalue weighted by molar-refractivity contribution is 5.28. The Kier molecular flexibility index (Phi) is 7.45. The number of hydrogen-bond donors (Lipinski definition) is 0. The third-order valence-corrected chi connectivity index (χ3v) is 5.98. The lowest BCUT2D eigenvalue weighted by Gasteiger charge is -2.32. The van der Waals surface area contributed by atoms with Crippen molar-refractivity contribution in [3.63, 3.8) is 0 Å². The van der Waals surface area contributed by atoms with Gasteiger partial charge in [0, 0.05) is 49.4 Å². The molecule has 1 fully saturated rings. The van der Waals surface area contributed by atoms with E-state index >= 15 is 0 Å². The molecule has 3 aromatic rings. The van der Waals surface area contributed by atoms with Crippen LogP contribution in [-0.2, 0) is 24.2 Å². The van der Waals surface area contributed by atoms with Crippen molar-refractivity contribution in [1.82, 2.24) is 14.9 Å². The van der Waals surface area contributed by atoms with Crippen LogP contribution >= 0.6 is 0 Å². The van der Waals surface area contributed by atoms with E-state index in [1.165, 1.54) is 17.7 Å². The minimum atomic E-state index is -0.219. The Bertz CT molecular complexity index is 977. The molecule has 2 atom stereocenters. The van der Waals surface area contributed by atoms with Crippen molar-refractivity contribution in [3.8, 4) is 5.75 Å². The van der Waals surface area contributed by atoms with E-state index in [2.05, 4.69) is 33.9 Å². The van der Waals surface area contributed by atoms with Gasteiger partial charge in [-0.05, 0) is 41.8 Å². The molecule has 2 aromatic carbocycles. The molecular formula is C26H30FN3O2. The average Bonchev–Trinajstić information content (AvgIpc) is 3.31. The molecule has 1 saturated heterocycles. The van der Waals surface area contributed by atoms with Gasteiger partial charge in [0.1, 0.15) is 17.4 Å². The SMILES string of the molecule is CCCc1ncc(CN(Cc2ccc(OC)cc2)[C@@H]2COC[C@H]2c2ccc(F)cc2)cn1. The Morgan fingerprint density at radius 1 is 0.969 bits per heavy atom. The standard InChI is InChI=1S/C26H30FN3O2/c1-3-4-26-28-13-20(14-29-26)16-30(15-19-5-11-23(31-2)12-6-19)25-18-32-17-24(25)21-7-9-22(27)10-8-21/h5-14,24-25H,3-4,15-18H2,1-2H3/t24-,25+/m0/s1. The Balaban J connectivity index is 1.58. The normalized spacial score (nSPS) is 18.2. The summed E-state index contributed by atoms with van der Waals surface area (Å²) in [6.45, 7) is 4.86. The lowest BCUT2D eigenvalue weighted by atomic mass is 9.92. The van der Waals surface area contributed by atoms with E-state index in [0.717, 1.165) is 42.1 Å². The van der Waals surface area contributed by atoms with Gasteiger partial charge in [0.25, 0.3) is 0 Å². The van der Waals surface area contributed by atoms with Gasteiger partial charge in [-0.25, -0.2) is 14.4 Å². The number of aryl methyl sites for hydroxylation is 1. The third-order valence-electron chi connectivity index (χ3n) is 5.98. The first-order valence-corrected chi connectivity index (χ1v) is 11.2. The van der Waals surface area contributed by atoms with E-state index < -0.39 is 0 Å². The highest BCUT2D eigenvalue weighted by Gasteiger charge is 2.34. The molecule has 0 spiro atoms. The molecular weight excluding hydrogens is 405 g/mol. The second-order valence-electron chi connectivity index (χ2n) is 8.27. The number of halogens is 1. The molecule has 2 heterocycles. The molecule has 0 amide bonds. The predicted molar refractivity (Wildman–Crippen MR) is 122 cm³/mol. The summed E-state index contributed by atoms with van der Waals surface area (Å²) in [5, 5.41) is 0. The second kappa shape index (κ2) is 10.7. The maximum atomic E-state index is 13.5. The maximum absolute atomic E-state index is 13.5. The number of benzene rings is 2. The van der Waals surface area contributed by atoms with Gasteiger partial charge in [0.15, 0.2) is 0 Å². The zero-order valence-corrected chi connectivity index (χ0v) is 18.7. The summed E-state index contributed by atoms with van der Waals surface area (Å²) < 4.78 is 24.7. The lowest BCUT2D eigenvalue weighted by Crippen LogP contribution is -2.38. The van der Waals surface area contributed by atoms with Crippen LogP contribution in [0, 0.1) is 5.82 Å². The van der Waals surface area contributed by atoms with Gasteiger partial charge >= 0.3 is 0 Å². The number of aromatic nitrogens is 2. The fourth-order valence-electron chi connectivity index (χ4n) is 4.24. The summed E-state index contributed by atoms with van der Waals surface area (Å²) >= 11 is 0. The Morgan fingerprint density at radius 3 is 2.31 bits per heavy atom. The van der Waals surface area contributed by atoms with E-state index in [1.54, 1.807) is 7.11 Å². The molecule has 1 aliphatic heterocycles. The molecule has 6 heteroatoms. The van der Waals surface area contributed by atoms with Crippen LogP contribution in [0.15, 0.2) is 60.9 Å². The molecule has 1 aliphatic rings. The van der Waals surface area contributed by atoms with Crippen molar-refractivity contribution >= 4 is 0 Å². The molecule has 0 unspecified atom stereocenters. The summed E-state index contributed by atoms with van der Waals surface area (Å²) in [6.07, 6.45) is 5.78. The summed E-state index contributed by atoms with van der Waals surface area (Å²) in [5.74, 6) is 1.68. The second-order valence-corrected chi connectivity index (χ2v) is 8.27. The molecule has 32 heavy (non-hydrogen) atoms. The minimum Gasteiger partial charge on any atom is -0.497 e. The van der Waals surface area contributed by atoms with Gasteiger partial charge in [0.2, 0.25) is 0 Å². The highest BCUT2D eigenvalue weighted by atomic mass is 19.1. The first kappa shape index (κ1) is 22.4. The molecule has 0 radical (unpaired) electrons. The van der Waals surface area contributed by atoms with E-state index in [-0.39, 0.29) is 17.8 Å². The molecule has 0 bridgehead atoms. The van der Waals surface area contributed by atoms with E-state index in [0.29, 0.717) is 19.8 Å². The number of methoxy groups -OCH3 is 1. The van der Waals surface area contributed by atoms with Gasteiger partial charge in [-0.3, -0.25) is 4.90 Å². The van der Waals surface area contributed by atoms with Gasteiger partial charge in [0.05, 0.1) is 20.3 Å². The Morgan fingerprint density at radius 2 is 1.66 bits per heavy atom. The highest BCUT2D eigenvalue weighted by Crippen LogP contribution is 2.32. The molecule has 1 aromatic heterocycles. The third kappa shape index (κ3) is 5.50. The van der Waals surface area contributed by atoms with Gasteiger partial charge in [-0.1, -0.05) is 31.2 Å². The van der Waals surface area contributed by atoms with Crippen molar-refractivity contribution in [2.75, 3.05) is 20.3 Å². The predicted octanol–water partition coefficient (Wildman–Crippen LogP) is 4.76. The summed E-state index contributed by atoms with van der Waals surface area (Å²) in [5.41, 5.74) is 3.37. The van der Waals surface area contributed by atoms with Crippen LogP contribution in [0.25, 0.3) is 0 Å². The number of ether oxygens (including phenoxy) is 2. The fourth-order valence-corrected chi connectivity index (χ4v) is 4.24. The van der Waals surface area contributed by atoms with Gasteiger partial charge < -0.3 is 9.47 Å². The fraction of sp³-hybridized carbons (Fsp3) is 0.385. The number of hydrogen-bond acceptors (Lipinski definition) is 5. The molecule has 4 rings (SSSR count). The van der Waals surface area contributed by atoms with Crippen molar-refractivity contribution in [1.29, 1.82) is 0 Å². The van der Waals surface area contributed by atoms with Gasteiger partial charge in [-0.15, -0.1) is 0 Å². The maximum Gasteiger partial charge on any atom is 0.128 e. The topological polar surface area (TPSA) is 47.5 Å². The number of nitrogens with zero attached hydrogens (tertiary/aromatic N) is 3. The zero-order chi connectivity index (χ0) is 22.3. The van der Waals surface area contributed by atoms with Crippen molar-refractivity contribution < 1.29 is 13.9 Å². The van der Waals surface area contributed by atoms with Crippen molar-refractivity contribution in [3.05, 3.63) is 89.3 Å². The van der Waals surface area contributed by atoms with Gasteiger partial charge in [-0.2, -0.15) is 0 Å². The van der Waals surface area contributed by atoms with Crippen LogP contribution in [0.2, 0.25) is 0 Å². The van der Waals surface area contributed by atoms with E-state index in [4.69, 9.17) is 9.47 Å². The van der Waals surface area contributed by atoms with Crippen molar-refractivity contribution in [2.24, 2.45) is 0 Å². The van der Waals surface area contributed by atoms with Crippen LogP contribution in [0.1, 0.15) is 41.8 Å². The average molecular weight is 436 g/mol.